The standard InChI is InChI=1S/C20H21FN2O3S/c21-16-8-10-17(11-9-16)27(25,26)23-13-4-3-7-19(23)20(24)22-14-12-15-5-1-2-6-18(15)22/h1-2,5-6,8-11,19H,3-4,7,12-14H2/t19-/m0/s1. The number of benzene rings is 2. The molecule has 0 bridgehead atoms. The zero-order valence-electron chi connectivity index (χ0n) is 14.8. The Morgan fingerprint density at radius 2 is 1.74 bits per heavy atom. The monoisotopic (exact) mass is 388 g/mol. The van der Waals surface area contributed by atoms with E-state index in [4.69, 9.17) is 0 Å². The molecule has 0 aromatic heterocycles. The molecule has 1 saturated heterocycles. The molecule has 0 spiro atoms. The van der Waals surface area contributed by atoms with Crippen molar-refractivity contribution in [2.45, 2.75) is 36.6 Å². The van der Waals surface area contributed by atoms with E-state index in [2.05, 4.69) is 0 Å². The Hall–Kier alpha value is -2.25. The first-order valence-electron chi connectivity index (χ1n) is 9.15. The molecule has 0 unspecified atom stereocenters. The van der Waals surface area contributed by atoms with E-state index in [1.54, 1.807) is 4.90 Å². The van der Waals surface area contributed by atoms with Crippen LogP contribution >= 0.6 is 0 Å². The Kier molecular flexibility index (Phi) is 4.74. The summed E-state index contributed by atoms with van der Waals surface area (Å²) in [6.45, 7) is 0.866. The van der Waals surface area contributed by atoms with Crippen molar-refractivity contribution in [3.8, 4) is 0 Å². The second kappa shape index (κ2) is 7.05. The number of halogens is 1. The highest BCUT2D eigenvalue weighted by Crippen LogP contribution is 2.32. The summed E-state index contributed by atoms with van der Waals surface area (Å²) in [5.41, 5.74) is 1.97. The number of piperidine rings is 1. The smallest absolute Gasteiger partial charge is 0.245 e. The summed E-state index contributed by atoms with van der Waals surface area (Å²) in [4.78, 5) is 15.0. The number of hydrogen-bond acceptors (Lipinski definition) is 3. The molecule has 142 valence electrons. The molecule has 7 heteroatoms. The average Bonchev–Trinajstić information content (AvgIpc) is 3.12. The second-order valence-electron chi connectivity index (χ2n) is 6.95. The van der Waals surface area contributed by atoms with E-state index >= 15 is 0 Å². The fraction of sp³-hybridized carbons (Fsp3) is 0.350. The second-order valence-corrected chi connectivity index (χ2v) is 8.84. The van der Waals surface area contributed by atoms with Gasteiger partial charge in [0.25, 0.3) is 0 Å². The zero-order chi connectivity index (χ0) is 19.0. The van der Waals surface area contributed by atoms with Crippen LogP contribution in [0.25, 0.3) is 0 Å². The van der Waals surface area contributed by atoms with Crippen LogP contribution in [-0.4, -0.2) is 37.8 Å². The molecule has 1 fully saturated rings. The maximum absolute atomic E-state index is 13.3. The number of carbonyl (C=O) groups excluding carboxylic acids is 1. The molecule has 0 N–H and O–H groups in total. The molecular weight excluding hydrogens is 367 g/mol. The number of anilines is 1. The molecule has 1 atom stereocenters. The summed E-state index contributed by atoms with van der Waals surface area (Å²) in [5, 5.41) is 0. The fourth-order valence-corrected chi connectivity index (χ4v) is 5.58. The third-order valence-corrected chi connectivity index (χ3v) is 7.23. The molecule has 5 nitrogen and oxygen atoms in total. The molecule has 2 aromatic rings. The lowest BCUT2D eigenvalue weighted by molar-refractivity contribution is -0.123. The van der Waals surface area contributed by atoms with Gasteiger partial charge in [-0.05, 0) is 55.2 Å². The topological polar surface area (TPSA) is 57.7 Å². The first-order chi connectivity index (χ1) is 13.0. The summed E-state index contributed by atoms with van der Waals surface area (Å²) in [7, 11) is -3.86. The van der Waals surface area contributed by atoms with Crippen molar-refractivity contribution in [3.63, 3.8) is 0 Å². The van der Waals surface area contributed by atoms with Crippen molar-refractivity contribution in [1.82, 2.24) is 4.31 Å². The minimum Gasteiger partial charge on any atom is -0.310 e. The van der Waals surface area contributed by atoms with Crippen LogP contribution in [0.1, 0.15) is 24.8 Å². The molecular formula is C20H21FN2O3S. The predicted molar refractivity (Wildman–Crippen MR) is 100 cm³/mol. The van der Waals surface area contributed by atoms with Gasteiger partial charge >= 0.3 is 0 Å². The molecule has 2 heterocycles. The van der Waals surface area contributed by atoms with Crippen LogP contribution in [0.3, 0.4) is 0 Å². The number of carbonyl (C=O) groups is 1. The summed E-state index contributed by atoms with van der Waals surface area (Å²) in [5.74, 6) is -0.667. The summed E-state index contributed by atoms with van der Waals surface area (Å²) < 4.78 is 40.7. The molecule has 0 aliphatic carbocycles. The predicted octanol–water partition coefficient (Wildman–Crippen LogP) is 2.96. The Labute approximate surface area is 158 Å². The molecule has 1 amide bonds. The van der Waals surface area contributed by atoms with E-state index in [1.807, 2.05) is 24.3 Å². The van der Waals surface area contributed by atoms with E-state index in [9.17, 15) is 17.6 Å². The number of sulfonamides is 1. The summed E-state index contributed by atoms with van der Waals surface area (Å²) in [6.07, 6.45) is 2.79. The highest BCUT2D eigenvalue weighted by molar-refractivity contribution is 7.89. The molecule has 0 saturated carbocycles. The Balaban J connectivity index is 1.65. The van der Waals surface area contributed by atoms with E-state index in [1.165, 1.54) is 16.4 Å². The average molecular weight is 388 g/mol. The maximum atomic E-state index is 13.3. The normalized spacial score (nSPS) is 20.5. The Bertz CT molecular complexity index is 959. The van der Waals surface area contributed by atoms with Gasteiger partial charge in [-0.1, -0.05) is 24.6 Å². The highest BCUT2D eigenvalue weighted by Gasteiger charge is 2.40. The Morgan fingerprint density at radius 1 is 1.00 bits per heavy atom. The van der Waals surface area contributed by atoms with Crippen molar-refractivity contribution >= 4 is 21.6 Å². The van der Waals surface area contributed by atoms with Gasteiger partial charge in [0, 0.05) is 18.8 Å². The van der Waals surface area contributed by atoms with Gasteiger partial charge in [0.15, 0.2) is 0 Å². The lowest BCUT2D eigenvalue weighted by atomic mass is 10.0. The molecule has 2 aliphatic heterocycles. The van der Waals surface area contributed by atoms with Gasteiger partial charge in [0.05, 0.1) is 4.90 Å². The largest absolute Gasteiger partial charge is 0.310 e. The zero-order valence-corrected chi connectivity index (χ0v) is 15.7. The van der Waals surface area contributed by atoms with E-state index in [-0.39, 0.29) is 10.8 Å². The SMILES string of the molecule is O=C([C@@H]1CCCCN1S(=O)(=O)c1ccc(F)cc1)N1CCc2ccccc21. The maximum Gasteiger partial charge on any atom is 0.245 e. The van der Waals surface area contributed by atoms with Gasteiger partial charge in [-0.15, -0.1) is 0 Å². The van der Waals surface area contributed by atoms with Gasteiger partial charge in [-0.3, -0.25) is 4.79 Å². The molecule has 0 radical (unpaired) electrons. The number of fused-ring (bicyclic) bond motifs is 1. The van der Waals surface area contributed by atoms with Gasteiger partial charge < -0.3 is 4.90 Å². The quantitative estimate of drug-likeness (QED) is 0.812. The van der Waals surface area contributed by atoms with Crippen LogP contribution in [0.5, 0.6) is 0 Å². The van der Waals surface area contributed by atoms with Gasteiger partial charge in [-0.2, -0.15) is 4.31 Å². The molecule has 4 rings (SSSR count). The van der Waals surface area contributed by atoms with Crippen LogP contribution in [0, 0.1) is 5.82 Å². The number of para-hydroxylation sites is 1. The third-order valence-electron chi connectivity index (χ3n) is 5.31. The number of rotatable bonds is 3. The van der Waals surface area contributed by atoms with Crippen LogP contribution < -0.4 is 4.90 Å². The Morgan fingerprint density at radius 3 is 2.52 bits per heavy atom. The number of nitrogens with zero attached hydrogens (tertiary/aromatic N) is 2. The van der Waals surface area contributed by atoms with E-state index in [0.717, 1.165) is 36.2 Å². The van der Waals surface area contributed by atoms with Crippen molar-refractivity contribution in [1.29, 1.82) is 0 Å². The lowest BCUT2D eigenvalue weighted by Gasteiger charge is -2.36. The van der Waals surface area contributed by atoms with Crippen molar-refractivity contribution < 1.29 is 17.6 Å². The summed E-state index contributed by atoms with van der Waals surface area (Å²) in [6, 6.07) is 11.8. The van der Waals surface area contributed by atoms with Crippen LogP contribution in [0.2, 0.25) is 0 Å². The summed E-state index contributed by atoms with van der Waals surface area (Å²) >= 11 is 0. The lowest BCUT2D eigenvalue weighted by Crippen LogP contribution is -2.52. The third kappa shape index (κ3) is 3.26. The molecule has 2 aromatic carbocycles. The fourth-order valence-electron chi connectivity index (χ4n) is 3.93. The van der Waals surface area contributed by atoms with Crippen molar-refractivity contribution in [2.75, 3.05) is 18.0 Å². The van der Waals surface area contributed by atoms with E-state index in [0.29, 0.717) is 25.9 Å². The first kappa shape index (κ1) is 18.1. The van der Waals surface area contributed by atoms with Crippen molar-refractivity contribution in [3.05, 3.63) is 59.9 Å². The molecule has 2 aliphatic rings. The highest BCUT2D eigenvalue weighted by atomic mass is 32.2. The van der Waals surface area contributed by atoms with Crippen molar-refractivity contribution in [2.24, 2.45) is 0 Å². The minimum atomic E-state index is -3.86. The molecule has 27 heavy (non-hydrogen) atoms. The van der Waals surface area contributed by atoms with Crippen LogP contribution in [0.15, 0.2) is 53.4 Å². The van der Waals surface area contributed by atoms with Gasteiger partial charge in [0.2, 0.25) is 15.9 Å². The number of hydrogen-bond donors (Lipinski definition) is 0. The van der Waals surface area contributed by atoms with Gasteiger partial charge in [0.1, 0.15) is 11.9 Å². The van der Waals surface area contributed by atoms with Crippen LogP contribution in [0.4, 0.5) is 10.1 Å². The first-order valence-corrected chi connectivity index (χ1v) is 10.6. The van der Waals surface area contributed by atoms with Gasteiger partial charge in [-0.25, -0.2) is 12.8 Å². The van der Waals surface area contributed by atoms with Crippen LogP contribution in [-0.2, 0) is 21.2 Å². The minimum absolute atomic E-state index is 0.0189. The number of amides is 1. The van der Waals surface area contributed by atoms with E-state index < -0.39 is 21.9 Å².